The average molecular weight is 380 g/mol. The van der Waals surface area contributed by atoms with Crippen molar-refractivity contribution in [3.8, 4) is 6.07 Å². The lowest BCUT2D eigenvalue weighted by Crippen LogP contribution is -2.48. The number of carbonyl (C=O) groups excluding carboxylic acids is 2. The van der Waals surface area contributed by atoms with Gasteiger partial charge in [-0.05, 0) is 24.6 Å². The second-order valence-electron chi connectivity index (χ2n) is 7.33. The minimum absolute atomic E-state index is 0.162. The van der Waals surface area contributed by atoms with E-state index in [9.17, 15) is 9.59 Å². The van der Waals surface area contributed by atoms with Gasteiger partial charge in [0, 0.05) is 38.5 Å². The molecule has 2 fully saturated rings. The quantitative estimate of drug-likeness (QED) is 0.811. The van der Waals surface area contributed by atoms with Gasteiger partial charge in [-0.3, -0.25) is 9.69 Å². The zero-order valence-corrected chi connectivity index (χ0v) is 15.6. The molecule has 2 aliphatic rings. The number of piperidine rings is 1. The van der Waals surface area contributed by atoms with Gasteiger partial charge in [-0.1, -0.05) is 17.3 Å². The highest BCUT2D eigenvalue weighted by Gasteiger charge is 2.47. The van der Waals surface area contributed by atoms with Gasteiger partial charge in [-0.2, -0.15) is 5.26 Å². The molecule has 1 aromatic carbocycles. The Labute approximate surface area is 162 Å². The van der Waals surface area contributed by atoms with Gasteiger partial charge in [-0.25, -0.2) is 4.79 Å². The molecular formula is C20H20N4O4. The lowest BCUT2D eigenvalue weighted by Gasteiger charge is -2.37. The van der Waals surface area contributed by atoms with Gasteiger partial charge in [0.2, 0.25) is 0 Å². The van der Waals surface area contributed by atoms with Crippen LogP contribution in [-0.2, 0) is 11.3 Å². The molecule has 8 nitrogen and oxygen atoms in total. The summed E-state index contributed by atoms with van der Waals surface area (Å²) in [6.07, 6.45) is 0.840. The number of aryl methyl sites for hydroxylation is 1. The van der Waals surface area contributed by atoms with Gasteiger partial charge in [0.25, 0.3) is 5.91 Å². The molecular weight excluding hydrogens is 360 g/mol. The Bertz CT molecular complexity index is 936. The number of hydrogen-bond acceptors (Lipinski definition) is 6. The normalized spacial score (nSPS) is 18.2. The van der Waals surface area contributed by atoms with E-state index in [1.807, 2.05) is 12.1 Å². The largest absolute Gasteiger partial charge is 0.441 e. The molecule has 4 rings (SSSR count). The molecule has 1 aromatic heterocycles. The molecule has 2 saturated heterocycles. The third-order valence-electron chi connectivity index (χ3n) is 5.31. The maximum absolute atomic E-state index is 12.5. The van der Waals surface area contributed by atoms with Gasteiger partial charge in [0.15, 0.2) is 5.69 Å². The number of nitriles is 1. The third kappa shape index (κ3) is 3.43. The lowest BCUT2D eigenvalue weighted by atomic mass is 9.91. The van der Waals surface area contributed by atoms with E-state index in [0.717, 1.165) is 5.56 Å². The lowest BCUT2D eigenvalue weighted by molar-refractivity contribution is 0.00286. The summed E-state index contributed by atoms with van der Waals surface area (Å²) in [6.45, 7) is 3.69. The zero-order chi connectivity index (χ0) is 19.7. The van der Waals surface area contributed by atoms with Gasteiger partial charge < -0.3 is 14.2 Å². The fourth-order valence-corrected chi connectivity index (χ4v) is 3.73. The fraction of sp³-hybridized carbons (Fsp3) is 0.400. The summed E-state index contributed by atoms with van der Waals surface area (Å²) in [5, 5.41) is 12.7. The highest BCUT2D eigenvalue weighted by Crippen LogP contribution is 2.34. The van der Waals surface area contributed by atoms with E-state index in [0.29, 0.717) is 56.0 Å². The SMILES string of the molecule is Cc1cc(C(=O)N2CCC3(CC2)CN(Cc2ccc(C#N)cc2)C(=O)O3)no1. The Morgan fingerprint density at radius 2 is 2.00 bits per heavy atom. The number of rotatable bonds is 3. The Hall–Kier alpha value is -3.34. The van der Waals surface area contributed by atoms with Crippen LogP contribution < -0.4 is 0 Å². The predicted molar refractivity (Wildman–Crippen MR) is 97.2 cm³/mol. The molecule has 0 saturated carbocycles. The van der Waals surface area contributed by atoms with Crippen LogP contribution in [-0.4, -0.2) is 52.2 Å². The van der Waals surface area contributed by atoms with E-state index in [-0.39, 0.29) is 12.0 Å². The van der Waals surface area contributed by atoms with E-state index in [4.69, 9.17) is 14.5 Å². The number of hydrogen-bond donors (Lipinski definition) is 0. The number of carbonyl (C=O) groups is 2. The third-order valence-corrected chi connectivity index (χ3v) is 5.31. The van der Waals surface area contributed by atoms with Gasteiger partial charge in [0.1, 0.15) is 11.4 Å². The van der Waals surface area contributed by atoms with Crippen LogP contribution in [0.5, 0.6) is 0 Å². The highest BCUT2D eigenvalue weighted by molar-refractivity contribution is 5.92. The Morgan fingerprint density at radius 3 is 2.61 bits per heavy atom. The van der Waals surface area contributed by atoms with Crippen molar-refractivity contribution < 1.29 is 18.8 Å². The molecule has 2 aliphatic heterocycles. The van der Waals surface area contributed by atoms with Crippen LogP contribution in [0.3, 0.4) is 0 Å². The molecule has 0 bridgehead atoms. The van der Waals surface area contributed by atoms with Gasteiger partial charge in [-0.15, -0.1) is 0 Å². The van der Waals surface area contributed by atoms with Crippen LogP contribution in [0.15, 0.2) is 34.9 Å². The topological polar surface area (TPSA) is 99.7 Å². The number of nitrogens with zero attached hydrogens (tertiary/aromatic N) is 4. The van der Waals surface area contributed by atoms with Crippen LogP contribution in [0.1, 0.15) is 40.2 Å². The number of benzene rings is 1. The van der Waals surface area contributed by atoms with Crippen molar-refractivity contribution in [1.82, 2.24) is 15.0 Å². The van der Waals surface area contributed by atoms with Crippen molar-refractivity contribution in [2.24, 2.45) is 0 Å². The molecule has 2 amide bonds. The van der Waals surface area contributed by atoms with Gasteiger partial charge >= 0.3 is 6.09 Å². The van der Waals surface area contributed by atoms with Crippen molar-refractivity contribution >= 4 is 12.0 Å². The molecule has 0 aliphatic carbocycles. The summed E-state index contributed by atoms with van der Waals surface area (Å²) in [4.78, 5) is 28.3. The highest BCUT2D eigenvalue weighted by atomic mass is 16.6. The molecule has 1 spiro atoms. The first kappa shape index (κ1) is 18.0. The molecule has 2 aromatic rings. The minimum atomic E-state index is -0.555. The molecule has 8 heteroatoms. The maximum atomic E-state index is 12.5. The van der Waals surface area contributed by atoms with Gasteiger partial charge in [0.05, 0.1) is 18.2 Å². The van der Waals surface area contributed by atoms with Crippen molar-refractivity contribution in [1.29, 1.82) is 5.26 Å². The summed E-state index contributed by atoms with van der Waals surface area (Å²) >= 11 is 0. The van der Waals surface area contributed by atoms with Crippen molar-refractivity contribution in [3.63, 3.8) is 0 Å². The van der Waals surface area contributed by atoms with Crippen LogP contribution in [0.4, 0.5) is 4.79 Å². The first-order valence-corrected chi connectivity index (χ1v) is 9.18. The monoisotopic (exact) mass is 380 g/mol. The van der Waals surface area contributed by atoms with E-state index < -0.39 is 5.60 Å². The Morgan fingerprint density at radius 1 is 1.29 bits per heavy atom. The molecule has 144 valence electrons. The number of ether oxygens (including phenoxy) is 1. The molecule has 28 heavy (non-hydrogen) atoms. The summed E-state index contributed by atoms with van der Waals surface area (Å²) in [5.41, 5.74) is 1.28. The fourth-order valence-electron chi connectivity index (χ4n) is 3.73. The second-order valence-corrected chi connectivity index (χ2v) is 7.33. The number of amides is 2. The summed E-state index contributed by atoms with van der Waals surface area (Å²) < 4.78 is 10.7. The first-order valence-electron chi connectivity index (χ1n) is 9.18. The van der Waals surface area contributed by atoms with Crippen LogP contribution in [0.25, 0.3) is 0 Å². The minimum Gasteiger partial charge on any atom is -0.441 e. The molecule has 0 radical (unpaired) electrons. The summed E-state index contributed by atoms with van der Waals surface area (Å²) in [7, 11) is 0. The second kappa shape index (κ2) is 7.00. The van der Waals surface area contributed by atoms with E-state index in [2.05, 4.69) is 11.2 Å². The predicted octanol–water partition coefficient (Wildman–Crippen LogP) is 2.48. The van der Waals surface area contributed by atoms with Crippen LogP contribution in [0, 0.1) is 18.3 Å². The van der Waals surface area contributed by atoms with Crippen molar-refractivity contribution in [2.75, 3.05) is 19.6 Å². The van der Waals surface area contributed by atoms with E-state index >= 15 is 0 Å². The van der Waals surface area contributed by atoms with E-state index in [1.54, 1.807) is 34.9 Å². The van der Waals surface area contributed by atoms with Crippen molar-refractivity contribution in [3.05, 3.63) is 52.9 Å². The standard InChI is InChI=1S/C20H20N4O4/c1-14-10-17(22-28-14)18(25)23-8-6-20(7-9-23)13-24(19(26)27-20)12-16-4-2-15(11-21)3-5-16/h2-5,10H,6-9,12-13H2,1H3. The molecule has 0 N–H and O–H groups in total. The molecule has 0 atom stereocenters. The van der Waals surface area contributed by atoms with Crippen LogP contribution in [0.2, 0.25) is 0 Å². The molecule has 0 unspecified atom stereocenters. The number of aromatic nitrogens is 1. The Kier molecular flexibility index (Phi) is 4.51. The first-order chi connectivity index (χ1) is 13.5. The van der Waals surface area contributed by atoms with E-state index in [1.165, 1.54) is 0 Å². The van der Waals surface area contributed by atoms with Crippen LogP contribution >= 0.6 is 0 Å². The number of likely N-dealkylation sites (tertiary alicyclic amines) is 1. The van der Waals surface area contributed by atoms with Crippen molar-refractivity contribution in [2.45, 2.75) is 31.9 Å². The zero-order valence-electron chi connectivity index (χ0n) is 15.6. The smallest absolute Gasteiger partial charge is 0.410 e. The maximum Gasteiger partial charge on any atom is 0.410 e. The Balaban J connectivity index is 1.37. The molecule has 3 heterocycles. The summed E-state index contributed by atoms with van der Waals surface area (Å²) in [5.74, 6) is 0.436. The summed E-state index contributed by atoms with van der Waals surface area (Å²) in [6, 6.07) is 10.9. The average Bonchev–Trinajstić information content (AvgIpc) is 3.26.